The molecular weight excluding hydrogens is 284 g/mol. The Hall–Kier alpha value is -1.82. The first-order valence-corrected chi connectivity index (χ1v) is 7.03. The Labute approximate surface area is 119 Å². The molecule has 1 aliphatic rings. The van der Waals surface area contributed by atoms with Crippen LogP contribution in [0.5, 0.6) is 11.5 Å². The number of halogens is 2. The Morgan fingerprint density at radius 3 is 2.65 bits per heavy atom. The molecule has 1 N–H and O–H groups in total. The van der Waals surface area contributed by atoms with E-state index >= 15 is 0 Å². The second-order valence-corrected chi connectivity index (χ2v) is 5.61. The van der Waals surface area contributed by atoms with Crippen LogP contribution < -0.4 is 14.8 Å². The number of anilines is 1. The molecule has 3 nitrogen and oxygen atoms in total. The number of alkyl halides is 2. The van der Waals surface area contributed by atoms with Crippen molar-refractivity contribution in [2.75, 3.05) is 5.32 Å². The van der Waals surface area contributed by atoms with Crippen LogP contribution in [0.15, 0.2) is 29.6 Å². The van der Waals surface area contributed by atoms with Gasteiger partial charge >= 0.3 is 6.29 Å². The van der Waals surface area contributed by atoms with Crippen LogP contribution in [0.3, 0.4) is 0 Å². The summed E-state index contributed by atoms with van der Waals surface area (Å²) in [5, 5.41) is 5.30. The van der Waals surface area contributed by atoms with Gasteiger partial charge in [0, 0.05) is 16.6 Å². The number of hydrogen-bond donors (Lipinski definition) is 1. The maximum Gasteiger partial charge on any atom is 0.586 e. The van der Waals surface area contributed by atoms with E-state index in [4.69, 9.17) is 0 Å². The zero-order chi connectivity index (χ0) is 14.3. The van der Waals surface area contributed by atoms with Gasteiger partial charge in [0.2, 0.25) is 0 Å². The molecule has 0 spiro atoms. The van der Waals surface area contributed by atoms with Crippen molar-refractivity contribution in [3.8, 4) is 11.5 Å². The molecule has 0 radical (unpaired) electrons. The number of hydrogen-bond acceptors (Lipinski definition) is 4. The fourth-order valence-corrected chi connectivity index (χ4v) is 3.12. The van der Waals surface area contributed by atoms with Crippen molar-refractivity contribution in [2.45, 2.75) is 26.2 Å². The Balaban J connectivity index is 1.79. The van der Waals surface area contributed by atoms with Gasteiger partial charge in [0.15, 0.2) is 11.5 Å². The van der Waals surface area contributed by atoms with E-state index in [2.05, 4.69) is 20.9 Å². The Morgan fingerprint density at radius 2 is 1.95 bits per heavy atom. The summed E-state index contributed by atoms with van der Waals surface area (Å²) in [6.07, 6.45) is -3.57. The van der Waals surface area contributed by atoms with E-state index in [0.717, 1.165) is 0 Å². The first kappa shape index (κ1) is 13.2. The Kier molecular flexibility index (Phi) is 3.05. The number of rotatable bonds is 3. The Bertz CT molecular complexity index is 642. The first-order chi connectivity index (χ1) is 9.44. The summed E-state index contributed by atoms with van der Waals surface area (Å²) in [4.78, 5) is 1.22. The van der Waals surface area contributed by atoms with Crippen LogP contribution in [0.25, 0.3) is 0 Å². The summed E-state index contributed by atoms with van der Waals surface area (Å²) in [6.45, 7) is 4.07. The summed E-state index contributed by atoms with van der Waals surface area (Å²) in [5.41, 5.74) is 1.92. The lowest BCUT2D eigenvalue weighted by Crippen LogP contribution is -2.25. The summed E-state index contributed by atoms with van der Waals surface area (Å²) >= 11 is 1.66. The van der Waals surface area contributed by atoms with Gasteiger partial charge in [0.1, 0.15) is 0 Å². The fourth-order valence-electron chi connectivity index (χ4n) is 2.18. The fraction of sp³-hybridized carbons (Fsp3) is 0.286. The molecular formula is C14H13F2NO2S. The van der Waals surface area contributed by atoms with E-state index in [0.29, 0.717) is 5.69 Å². The molecule has 6 heteroatoms. The SMILES string of the molecule is Cc1ccsc1C(C)Nc1ccc2c(c1)OC(F)(F)O2. The standard InChI is InChI=1S/C14H13F2NO2S/c1-8-5-6-20-13(8)9(2)17-10-3-4-11-12(7-10)19-14(15,16)18-11/h3-7,9,17H,1-2H3. The smallest absolute Gasteiger partial charge is 0.395 e. The highest BCUT2D eigenvalue weighted by atomic mass is 32.1. The predicted molar refractivity (Wildman–Crippen MR) is 73.7 cm³/mol. The highest BCUT2D eigenvalue weighted by Crippen LogP contribution is 2.42. The lowest BCUT2D eigenvalue weighted by molar-refractivity contribution is -0.286. The van der Waals surface area contributed by atoms with Gasteiger partial charge in [-0.2, -0.15) is 0 Å². The molecule has 0 fully saturated rings. The maximum absolute atomic E-state index is 12.9. The molecule has 1 unspecified atom stereocenters. The van der Waals surface area contributed by atoms with Crippen LogP contribution in [0.1, 0.15) is 23.4 Å². The van der Waals surface area contributed by atoms with Crippen molar-refractivity contribution in [3.63, 3.8) is 0 Å². The van der Waals surface area contributed by atoms with Crippen molar-refractivity contribution in [2.24, 2.45) is 0 Å². The molecule has 3 rings (SSSR count). The maximum atomic E-state index is 12.9. The summed E-state index contributed by atoms with van der Waals surface area (Å²) in [7, 11) is 0. The van der Waals surface area contributed by atoms with Gasteiger partial charge in [-0.1, -0.05) is 0 Å². The summed E-state index contributed by atoms with van der Waals surface area (Å²) < 4.78 is 34.7. The third-order valence-electron chi connectivity index (χ3n) is 3.08. The van der Waals surface area contributed by atoms with Gasteiger partial charge in [-0.25, -0.2) is 0 Å². The van der Waals surface area contributed by atoms with Crippen LogP contribution in [0, 0.1) is 6.92 Å². The van der Waals surface area contributed by atoms with Crippen molar-refractivity contribution in [1.29, 1.82) is 0 Å². The minimum Gasteiger partial charge on any atom is -0.395 e. The van der Waals surface area contributed by atoms with E-state index < -0.39 is 6.29 Å². The first-order valence-electron chi connectivity index (χ1n) is 6.15. The largest absolute Gasteiger partial charge is 0.586 e. The van der Waals surface area contributed by atoms with Gasteiger partial charge in [-0.3, -0.25) is 0 Å². The van der Waals surface area contributed by atoms with E-state index in [-0.39, 0.29) is 17.5 Å². The molecule has 0 saturated carbocycles. The third kappa shape index (κ3) is 2.43. The lowest BCUT2D eigenvalue weighted by atomic mass is 10.2. The van der Waals surface area contributed by atoms with Gasteiger partial charge in [-0.15, -0.1) is 20.1 Å². The molecule has 1 atom stereocenters. The average molecular weight is 297 g/mol. The minimum absolute atomic E-state index is 0.0510. The van der Waals surface area contributed by atoms with Crippen LogP contribution >= 0.6 is 11.3 Å². The van der Waals surface area contributed by atoms with E-state index in [9.17, 15) is 8.78 Å². The zero-order valence-corrected chi connectivity index (χ0v) is 11.8. The van der Waals surface area contributed by atoms with Gasteiger partial charge in [0.25, 0.3) is 0 Å². The highest BCUT2D eigenvalue weighted by Gasteiger charge is 2.43. The lowest BCUT2D eigenvalue weighted by Gasteiger charge is -2.15. The summed E-state index contributed by atoms with van der Waals surface area (Å²) in [5.74, 6) is 0.107. The number of nitrogens with one attached hydrogen (secondary N) is 1. The zero-order valence-electron chi connectivity index (χ0n) is 10.9. The predicted octanol–water partition coefficient (Wildman–Crippen LogP) is 4.55. The average Bonchev–Trinajstić information content (AvgIpc) is 2.90. The third-order valence-corrected chi connectivity index (χ3v) is 4.28. The van der Waals surface area contributed by atoms with Crippen molar-refractivity contribution in [1.82, 2.24) is 0 Å². The van der Waals surface area contributed by atoms with Crippen LogP contribution in [0.2, 0.25) is 0 Å². The molecule has 0 aliphatic carbocycles. The molecule has 0 saturated heterocycles. The number of thiophene rings is 1. The van der Waals surface area contributed by atoms with Crippen LogP contribution in [0.4, 0.5) is 14.5 Å². The molecule has 2 heterocycles. The van der Waals surface area contributed by atoms with Gasteiger partial charge < -0.3 is 14.8 Å². The van der Waals surface area contributed by atoms with Gasteiger partial charge in [0.05, 0.1) is 6.04 Å². The number of benzene rings is 1. The number of fused-ring (bicyclic) bond motifs is 1. The minimum atomic E-state index is -3.57. The van der Waals surface area contributed by atoms with Gasteiger partial charge in [-0.05, 0) is 43.0 Å². The molecule has 1 aromatic carbocycles. The number of aryl methyl sites for hydroxylation is 1. The van der Waals surface area contributed by atoms with Crippen LogP contribution in [-0.4, -0.2) is 6.29 Å². The van der Waals surface area contributed by atoms with E-state index in [1.165, 1.54) is 22.6 Å². The normalized spacial score (nSPS) is 17.0. The molecule has 2 aromatic rings. The molecule has 1 aliphatic heterocycles. The van der Waals surface area contributed by atoms with Crippen molar-refractivity contribution < 1.29 is 18.3 Å². The second-order valence-electron chi connectivity index (χ2n) is 4.66. The van der Waals surface area contributed by atoms with Crippen molar-refractivity contribution >= 4 is 17.0 Å². The second kappa shape index (κ2) is 4.63. The van der Waals surface area contributed by atoms with E-state index in [1.54, 1.807) is 17.4 Å². The molecule has 106 valence electrons. The monoisotopic (exact) mass is 297 g/mol. The molecule has 20 heavy (non-hydrogen) atoms. The molecule has 0 bridgehead atoms. The Morgan fingerprint density at radius 1 is 1.20 bits per heavy atom. The molecule has 1 aromatic heterocycles. The number of ether oxygens (including phenoxy) is 2. The quantitative estimate of drug-likeness (QED) is 0.901. The topological polar surface area (TPSA) is 30.5 Å². The summed E-state index contributed by atoms with van der Waals surface area (Å²) in [6, 6.07) is 6.85. The highest BCUT2D eigenvalue weighted by molar-refractivity contribution is 7.10. The molecule has 0 amide bonds. The van der Waals surface area contributed by atoms with Crippen LogP contribution in [-0.2, 0) is 0 Å². The van der Waals surface area contributed by atoms with E-state index in [1.807, 2.05) is 19.2 Å². The van der Waals surface area contributed by atoms with Crippen molar-refractivity contribution in [3.05, 3.63) is 40.1 Å².